The van der Waals surface area contributed by atoms with E-state index in [1.54, 1.807) is 17.0 Å². The number of piperazine rings is 1. The molecule has 0 N–H and O–H groups in total. The quantitative estimate of drug-likeness (QED) is 0.418. The number of hydrogen-bond acceptors (Lipinski definition) is 6. The van der Waals surface area contributed by atoms with Crippen LogP contribution in [-0.4, -0.2) is 83.4 Å². The van der Waals surface area contributed by atoms with Crippen molar-refractivity contribution in [1.82, 2.24) is 14.7 Å². The third-order valence-corrected chi connectivity index (χ3v) is 5.93. The van der Waals surface area contributed by atoms with E-state index in [1.807, 2.05) is 0 Å². The molecule has 150 valence electrons. The summed E-state index contributed by atoms with van der Waals surface area (Å²) in [7, 11) is 0. The molecule has 3 saturated heterocycles. The van der Waals surface area contributed by atoms with E-state index < -0.39 is 0 Å². The molecule has 0 radical (unpaired) electrons. The van der Waals surface area contributed by atoms with E-state index in [0.29, 0.717) is 13.1 Å². The van der Waals surface area contributed by atoms with Crippen molar-refractivity contribution in [1.29, 1.82) is 0 Å². The molecular weight excluding hydrogens is 362 g/mol. The Balaban J connectivity index is 1.21. The lowest BCUT2D eigenvalue weighted by Gasteiger charge is -2.36. The van der Waals surface area contributed by atoms with Crippen LogP contribution in [0, 0.1) is 10.1 Å². The second-order valence-electron chi connectivity index (χ2n) is 7.58. The number of rotatable bonds is 6. The Labute approximate surface area is 163 Å². The molecule has 3 amide bonds. The van der Waals surface area contributed by atoms with Gasteiger partial charge in [-0.2, -0.15) is 0 Å². The van der Waals surface area contributed by atoms with Gasteiger partial charge in [-0.3, -0.25) is 24.7 Å². The first kappa shape index (κ1) is 18.7. The summed E-state index contributed by atoms with van der Waals surface area (Å²) in [5, 5.41) is 10.8. The molecule has 1 atom stereocenters. The van der Waals surface area contributed by atoms with Gasteiger partial charge in [-0.25, -0.2) is 4.79 Å². The number of amides is 3. The van der Waals surface area contributed by atoms with Crippen molar-refractivity contribution in [2.45, 2.75) is 25.3 Å². The van der Waals surface area contributed by atoms with E-state index in [0.717, 1.165) is 57.7 Å². The molecule has 0 saturated carbocycles. The zero-order valence-corrected chi connectivity index (χ0v) is 15.8. The second kappa shape index (κ2) is 7.75. The van der Waals surface area contributed by atoms with Gasteiger partial charge >= 0.3 is 6.03 Å². The number of anilines is 1. The second-order valence-corrected chi connectivity index (χ2v) is 7.58. The first-order valence-corrected chi connectivity index (χ1v) is 9.88. The summed E-state index contributed by atoms with van der Waals surface area (Å²) in [6, 6.07) is 6.34. The number of nitrogens with zero attached hydrogens (tertiary/aromatic N) is 5. The summed E-state index contributed by atoms with van der Waals surface area (Å²) in [6.45, 7) is 5.56. The standard InChI is InChI=1S/C19H25N5O4/c25-18-17-3-1-9-22(17)19(26)23(18)10-2-8-20-11-13-21(14-12-20)15-4-6-16(7-5-15)24(27)28/h4-7,17H,1-3,8-14H2/t17-/m1/s1. The Morgan fingerprint density at radius 1 is 1.00 bits per heavy atom. The molecule has 0 spiro atoms. The molecule has 3 aliphatic heterocycles. The Bertz CT molecular complexity index is 738. The van der Waals surface area contributed by atoms with Crippen molar-refractivity contribution < 1.29 is 14.5 Å². The minimum atomic E-state index is -0.387. The lowest BCUT2D eigenvalue weighted by atomic mass is 10.2. The van der Waals surface area contributed by atoms with Crippen molar-refractivity contribution in [2.75, 3.05) is 50.7 Å². The molecule has 0 aromatic heterocycles. The number of carbonyl (C=O) groups is 2. The maximum atomic E-state index is 12.3. The van der Waals surface area contributed by atoms with E-state index in [4.69, 9.17) is 0 Å². The fourth-order valence-corrected chi connectivity index (χ4v) is 4.35. The van der Waals surface area contributed by atoms with Crippen LogP contribution in [0.3, 0.4) is 0 Å². The van der Waals surface area contributed by atoms with Crippen LogP contribution in [0.2, 0.25) is 0 Å². The average molecular weight is 387 g/mol. The third kappa shape index (κ3) is 3.54. The molecule has 9 heteroatoms. The van der Waals surface area contributed by atoms with Crippen molar-refractivity contribution in [3.05, 3.63) is 34.4 Å². The predicted octanol–water partition coefficient (Wildman–Crippen LogP) is 1.53. The summed E-state index contributed by atoms with van der Waals surface area (Å²) in [6.07, 6.45) is 2.51. The summed E-state index contributed by atoms with van der Waals surface area (Å²) in [4.78, 5) is 42.7. The van der Waals surface area contributed by atoms with E-state index in [9.17, 15) is 19.7 Å². The van der Waals surface area contributed by atoms with Crippen LogP contribution >= 0.6 is 0 Å². The van der Waals surface area contributed by atoms with E-state index in [-0.39, 0.29) is 28.6 Å². The van der Waals surface area contributed by atoms with Crippen molar-refractivity contribution in [3.8, 4) is 0 Å². The van der Waals surface area contributed by atoms with Gasteiger partial charge in [0.15, 0.2) is 0 Å². The minimum absolute atomic E-state index is 0.0227. The highest BCUT2D eigenvalue weighted by Gasteiger charge is 2.46. The molecule has 3 aliphatic rings. The molecule has 1 aromatic carbocycles. The normalized spacial score (nSPS) is 22.9. The van der Waals surface area contributed by atoms with Crippen molar-refractivity contribution in [2.24, 2.45) is 0 Å². The minimum Gasteiger partial charge on any atom is -0.369 e. The number of non-ortho nitro benzene ring substituents is 1. The van der Waals surface area contributed by atoms with Gasteiger partial charge in [-0.05, 0) is 37.9 Å². The van der Waals surface area contributed by atoms with Gasteiger partial charge in [0.05, 0.1) is 4.92 Å². The van der Waals surface area contributed by atoms with Gasteiger partial charge in [0.1, 0.15) is 6.04 Å². The molecule has 3 heterocycles. The SMILES string of the molecule is O=C1[C@H]2CCCN2C(=O)N1CCCN1CCN(c2ccc([N+](=O)[O-])cc2)CC1. The molecule has 0 bridgehead atoms. The van der Waals surface area contributed by atoms with Gasteiger partial charge in [-0.1, -0.05) is 0 Å². The smallest absolute Gasteiger partial charge is 0.327 e. The predicted molar refractivity (Wildman–Crippen MR) is 103 cm³/mol. The molecule has 1 aromatic rings. The highest BCUT2D eigenvalue weighted by molar-refractivity contribution is 6.04. The van der Waals surface area contributed by atoms with Gasteiger partial charge in [0.2, 0.25) is 0 Å². The first-order chi connectivity index (χ1) is 13.5. The summed E-state index contributed by atoms with van der Waals surface area (Å²) in [5.41, 5.74) is 1.10. The number of carbonyl (C=O) groups excluding carboxylic acids is 2. The summed E-state index contributed by atoms with van der Waals surface area (Å²) in [5.74, 6) is -0.0227. The Kier molecular flexibility index (Phi) is 5.17. The van der Waals surface area contributed by atoms with Crippen molar-refractivity contribution in [3.63, 3.8) is 0 Å². The van der Waals surface area contributed by atoms with Crippen LogP contribution in [0.25, 0.3) is 0 Å². The fraction of sp³-hybridized carbons (Fsp3) is 0.579. The van der Waals surface area contributed by atoms with Crippen LogP contribution in [0.15, 0.2) is 24.3 Å². The average Bonchev–Trinajstić information content (AvgIpc) is 3.28. The number of nitro benzene ring substituents is 1. The third-order valence-electron chi connectivity index (χ3n) is 5.93. The molecule has 3 fully saturated rings. The Morgan fingerprint density at radius 2 is 1.71 bits per heavy atom. The van der Waals surface area contributed by atoms with Crippen LogP contribution in [0.5, 0.6) is 0 Å². The zero-order chi connectivity index (χ0) is 19.7. The maximum Gasteiger partial charge on any atom is 0.327 e. The Hall–Kier alpha value is -2.68. The van der Waals surface area contributed by atoms with Crippen LogP contribution in [0.4, 0.5) is 16.2 Å². The largest absolute Gasteiger partial charge is 0.369 e. The van der Waals surface area contributed by atoms with Gasteiger partial charge in [0, 0.05) is 57.1 Å². The van der Waals surface area contributed by atoms with Crippen LogP contribution < -0.4 is 4.90 Å². The summed E-state index contributed by atoms with van der Waals surface area (Å²) < 4.78 is 0. The number of nitro groups is 1. The van der Waals surface area contributed by atoms with Gasteiger partial charge in [0.25, 0.3) is 11.6 Å². The first-order valence-electron chi connectivity index (χ1n) is 9.88. The molecule has 28 heavy (non-hydrogen) atoms. The fourth-order valence-electron chi connectivity index (χ4n) is 4.35. The number of imide groups is 1. The van der Waals surface area contributed by atoms with Crippen LogP contribution in [0.1, 0.15) is 19.3 Å². The zero-order valence-electron chi connectivity index (χ0n) is 15.8. The highest BCUT2D eigenvalue weighted by atomic mass is 16.6. The molecule has 9 nitrogen and oxygen atoms in total. The van der Waals surface area contributed by atoms with Crippen LogP contribution in [-0.2, 0) is 4.79 Å². The van der Waals surface area contributed by atoms with Crippen molar-refractivity contribution >= 4 is 23.3 Å². The summed E-state index contributed by atoms with van der Waals surface area (Å²) >= 11 is 0. The molecule has 0 unspecified atom stereocenters. The van der Waals surface area contributed by atoms with E-state index >= 15 is 0 Å². The lowest BCUT2D eigenvalue weighted by molar-refractivity contribution is -0.384. The number of fused-ring (bicyclic) bond motifs is 1. The van der Waals surface area contributed by atoms with Gasteiger partial charge < -0.3 is 9.80 Å². The molecule has 4 rings (SSSR count). The lowest BCUT2D eigenvalue weighted by Crippen LogP contribution is -2.47. The topological polar surface area (TPSA) is 90.2 Å². The molecule has 0 aliphatic carbocycles. The number of hydrogen-bond donors (Lipinski definition) is 0. The van der Waals surface area contributed by atoms with E-state index in [1.165, 1.54) is 17.0 Å². The highest BCUT2D eigenvalue weighted by Crippen LogP contribution is 2.27. The monoisotopic (exact) mass is 387 g/mol. The number of benzene rings is 1. The maximum absolute atomic E-state index is 12.3. The Morgan fingerprint density at radius 3 is 2.36 bits per heavy atom. The number of urea groups is 1. The molecular formula is C19H25N5O4. The van der Waals surface area contributed by atoms with E-state index in [2.05, 4.69) is 9.80 Å². The van der Waals surface area contributed by atoms with Gasteiger partial charge in [-0.15, -0.1) is 0 Å².